The minimum Gasteiger partial charge on any atom is -0.325 e. The van der Waals surface area contributed by atoms with E-state index in [2.05, 4.69) is 15.1 Å². The van der Waals surface area contributed by atoms with Crippen molar-refractivity contribution in [1.82, 2.24) is 18.8 Å². The van der Waals surface area contributed by atoms with Crippen LogP contribution in [0.25, 0.3) is 11.3 Å². The fraction of sp³-hybridized carbons (Fsp3) is 0.263. The van der Waals surface area contributed by atoms with Crippen LogP contribution >= 0.6 is 22.9 Å². The molecule has 0 aliphatic carbocycles. The largest absolute Gasteiger partial charge is 0.325 e. The highest BCUT2D eigenvalue weighted by Crippen LogP contribution is 2.34. The molecule has 2 unspecified atom stereocenters. The molecule has 8 nitrogen and oxygen atoms in total. The molecule has 0 radical (unpaired) electrons. The number of amides is 1. The molecule has 2 N–H and O–H groups in total. The number of likely N-dealkylation sites (N-methyl/N-ethyl adjacent to an activating group) is 1. The van der Waals surface area contributed by atoms with Crippen LogP contribution in [0.1, 0.15) is 17.3 Å². The maximum atomic E-state index is 13.4. The first kappa shape index (κ1) is 21.9. The van der Waals surface area contributed by atoms with Crippen LogP contribution in [0.5, 0.6) is 0 Å². The molecule has 12 heteroatoms. The van der Waals surface area contributed by atoms with E-state index in [1.54, 1.807) is 4.68 Å². The lowest BCUT2D eigenvalue weighted by Gasteiger charge is -2.35. The highest BCUT2D eigenvalue weighted by Gasteiger charge is 2.41. The lowest BCUT2D eigenvalue weighted by Crippen LogP contribution is -2.55. The van der Waals surface area contributed by atoms with Gasteiger partial charge in [-0.25, -0.2) is 4.39 Å². The molecular weight excluding hydrogens is 465 g/mol. The number of nitrogens with zero attached hydrogens (tertiary/aromatic N) is 3. The summed E-state index contributed by atoms with van der Waals surface area (Å²) in [7, 11) is -0.728. The van der Waals surface area contributed by atoms with E-state index in [9.17, 15) is 17.6 Å². The Morgan fingerprint density at radius 3 is 2.77 bits per heavy atom. The lowest BCUT2D eigenvalue weighted by atomic mass is 10.0. The van der Waals surface area contributed by atoms with E-state index in [0.29, 0.717) is 0 Å². The van der Waals surface area contributed by atoms with Crippen molar-refractivity contribution < 1.29 is 17.6 Å². The monoisotopic (exact) mass is 483 g/mol. The van der Waals surface area contributed by atoms with Gasteiger partial charge in [0.1, 0.15) is 11.9 Å². The summed E-state index contributed by atoms with van der Waals surface area (Å²) in [5.74, 6) is -1.13. The third-order valence-electron chi connectivity index (χ3n) is 5.03. The maximum Gasteiger partial charge on any atom is 0.280 e. The van der Waals surface area contributed by atoms with Gasteiger partial charge in [0.15, 0.2) is 0 Å². The summed E-state index contributed by atoms with van der Waals surface area (Å²) in [4.78, 5) is 13.7. The second-order valence-corrected chi connectivity index (χ2v) is 10.3. The van der Waals surface area contributed by atoms with Crippen molar-refractivity contribution >= 4 is 44.7 Å². The Hall–Kier alpha value is -2.31. The van der Waals surface area contributed by atoms with Crippen molar-refractivity contribution in [3.05, 3.63) is 57.6 Å². The molecule has 0 spiro atoms. The molecule has 2 aromatic heterocycles. The Kier molecular flexibility index (Phi) is 5.88. The third kappa shape index (κ3) is 4.51. The number of aryl methyl sites for hydroxylation is 1. The molecule has 1 aliphatic heterocycles. The van der Waals surface area contributed by atoms with Gasteiger partial charge >= 0.3 is 0 Å². The molecule has 0 bridgehead atoms. The number of benzene rings is 1. The van der Waals surface area contributed by atoms with Crippen LogP contribution in [-0.4, -0.2) is 41.5 Å². The predicted molar refractivity (Wildman–Crippen MR) is 118 cm³/mol. The van der Waals surface area contributed by atoms with Gasteiger partial charge in [0, 0.05) is 41.8 Å². The number of carbonyl (C=O) groups excluding carboxylic acids is 1. The summed E-state index contributed by atoms with van der Waals surface area (Å²) in [5.41, 5.74) is 1.94. The van der Waals surface area contributed by atoms with E-state index in [0.717, 1.165) is 26.5 Å². The van der Waals surface area contributed by atoms with Gasteiger partial charge < -0.3 is 5.32 Å². The molecule has 1 fully saturated rings. The zero-order chi connectivity index (χ0) is 22.3. The molecule has 1 aromatic carbocycles. The van der Waals surface area contributed by atoms with Crippen molar-refractivity contribution in [3.63, 3.8) is 0 Å². The third-order valence-corrected chi connectivity index (χ3v) is 7.96. The highest BCUT2D eigenvalue weighted by molar-refractivity contribution is 7.87. The molecule has 164 valence electrons. The normalized spacial score (nSPS) is 21.2. The molecule has 1 amide bonds. The molecule has 3 heterocycles. The van der Waals surface area contributed by atoms with Gasteiger partial charge in [-0.05, 0) is 36.8 Å². The second kappa shape index (κ2) is 8.32. The summed E-state index contributed by atoms with van der Waals surface area (Å²) in [6.07, 6.45) is 2.05. The summed E-state index contributed by atoms with van der Waals surface area (Å²) in [6.45, 7) is 0. The number of rotatable bonds is 4. The Labute approximate surface area is 187 Å². The van der Waals surface area contributed by atoms with E-state index in [1.807, 2.05) is 30.8 Å². The van der Waals surface area contributed by atoms with Crippen LogP contribution in [0.4, 0.5) is 10.1 Å². The maximum absolute atomic E-state index is 13.4. The Bertz CT molecular complexity index is 1240. The van der Waals surface area contributed by atoms with Crippen LogP contribution in [0.15, 0.2) is 41.9 Å². The summed E-state index contributed by atoms with van der Waals surface area (Å²) < 4.78 is 44.0. The van der Waals surface area contributed by atoms with Crippen LogP contribution in [0.3, 0.4) is 0 Å². The number of hydrogen-bond acceptors (Lipinski definition) is 5. The minimum absolute atomic E-state index is 0.136. The fourth-order valence-electron chi connectivity index (χ4n) is 3.33. The van der Waals surface area contributed by atoms with Gasteiger partial charge in [0.2, 0.25) is 5.91 Å². The Morgan fingerprint density at radius 2 is 2.10 bits per heavy atom. The second-order valence-electron chi connectivity index (χ2n) is 7.17. The SMILES string of the molecule is CN1C(C(=O)Nc2ccc(F)c(Cl)c2)CC(c2cc(-c3ccn(C)n3)cs2)NS1(=O)=O. The van der Waals surface area contributed by atoms with Crippen molar-refractivity contribution in [1.29, 1.82) is 0 Å². The summed E-state index contributed by atoms with van der Waals surface area (Å²) in [5, 5.41) is 8.74. The topological polar surface area (TPSA) is 96.3 Å². The first-order valence-corrected chi connectivity index (χ1v) is 11.9. The van der Waals surface area contributed by atoms with Crippen molar-refractivity contribution in [2.45, 2.75) is 18.5 Å². The number of anilines is 1. The summed E-state index contributed by atoms with van der Waals surface area (Å²) >= 11 is 7.16. The molecule has 31 heavy (non-hydrogen) atoms. The van der Waals surface area contributed by atoms with Crippen LogP contribution in [0.2, 0.25) is 5.02 Å². The number of aromatic nitrogens is 2. The van der Waals surface area contributed by atoms with Gasteiger partial charge in [0.25, 0.3) is 10.2 Å². The van der Waals surface area contributed by atoms with E-state index >= 15 is 0 Å². The number of thiophene rings is 1. The van der Waals surface area contributed by atoms with E-state index in [-0.39, 0.29) is 17.1 Å². The van der Waals surface area contributed by atoms with Crippen LogP contribution in [0, 0.1) is 5.82 Å². The predicted octanol–water partition coefficient (Wildman–Crippen LogP) is 3.16. The fourth-order valence-corrected chi connectivity index (χ4v) is 5.82. The summed E-state index contributed by atoms with van der Waals surface area (Å²) in [6, 6.07) is 5.99. The molecule has 4 rings (SSSR count). The number of halogens is 2. The molecular formula is C19H19ClFN5O3S2. The smallest absolute Gasteiger partial charge is 0.280 e. The first-order valence-electron chi connectivity index (χ1n) is 9.23. The molecule has 2 atom stereocenters. The zero-order valence-electron chi connectivity index (χ0n) is 16.5. The van der Waals surface area contributed by atoms with Gasteiger partial charge in [-0.1, -0.05) is 11.6 Å². The highest BCUT2D eigenvalue weighted by atomic mass is 35.5. The number of carbonyl (C=O) groups is 1. The average molecular weight is 484 g/mol. The van der Waals surface area contributed by atoms with Gasteiger partial charge in [-0.2, -0.15) is 22.5 Å². The van der Waals surface area contributed by atoms with Crippen LogP contribution < -0.4 is 10.0 Å². The lowest BCUT2D eigenvalue weighted by molar-refractivity contribution is -0.120. The van der Waals surface area contributed by atoms with E-state index in [4.69, 9.17) is 11.6 Å². The molecule has 3 aromatic rings. The van der Waals surface area contributed by atoms with Crippen LogP contribution in [-0.2, 0) is 22.1 Å². The van der Waals surface area contributed by atoms with E-state index in [1.165, 1.54) is 30.5 Å². The Balaban J connectivity index is 1.57. The van der Waals surface area contributed by atoms with Gasteiger partial charge in [-0.15, -0.1) is 11.3 Å². The number of hydrogen-bond donors (Lipinski definition) is 2. The number of nitrogens with one attached hydrogen (secondary N) is 2. The van der Waals surface area contributed by atoms with Gasteiger partial charge in [0.05, 0.1) is 16.8 Å². The molecule has 1 saturated heterocycles. The first-order chi connectivity index (χ1) is 14.6. The van der Waals surface area contributed by atoms with Crippen molar-refractivity contribution in [3.8, 4) is 11.3 Å². The van der Waals surface area contributed by atoms with Crippen molar-refractivity contribution in [2.24, 2.45) is 7.05 Å². The standard InChI is InChI=1S/C19H19ClFN5O3S2/c1-25-6-5-15(23-25)11-7-18(30-10-11)16-9-17(26(2)31(28,29)24-16)19(27)22-12-3-4-14(21)13(20)8-12/h3-8,10,16-17,24H,9H2,1-2H3,(H,22,27). The zero-order valence-corrected chi connectivity index (χ0v) is 18.9. The van der Waals surface area contributed by atoms with Gasteiger partial charge in [-0.3, -0.25) is 9.48 Å². The average Bonchev–Trinajstić information content (AvgIpc) is 3.35. The van der Waals surface area contributed by atoms with E-state index < -0.39 is 34.0 Å². The Morgan fingerprint density at radius 1 is 1.32 bits per heavy atom. The minimum atomic E-state index is -3.89. The molecule has 1 aliphatic rings. The molecule has 0 saturated carbocycles. The quantitative estimate of drug-likeness (QED) is 0.595. The van der Waals surface area contributed by atoms with Crippen molar-refractivity contribution in [2.75, 3.05) is 12.4 Å².